The van der Waals surface area contributed by atoms with Crippen LogP contribution in [-0.4, -0.2) is 21.0 Å². The maximum absolute atomic E-state index is 12.5. The number of hydrogen-bond acceptors (Lipinski definition) is 5. The van der Waals surface area contributed by atoms with E-state index in [2.05, 4.69) is 5.32 Å². The monoisotopic (exact) mass is 393 g/mol. The van der Waals surface area contributed by atoms with Crippen LogP contribution in [0.2, 0.25) is 0 Å². The molecule has 1 amide bonds. The van der Waals surface area contributed by atoms with Crippen molar-refractivity contribution in [3.8, 4) is 21.8 Å². The number of rotatable bonds is 5. The average molecular weight is 394 g/mol. The summed E-state index contributed by atoms with van der Waals surface area (Å²) in [5, 5.41) is 14.4. The van der Waals surface area contributed by atoms with E-state index in [0.29, 0.717) is 11.5 Å². The topological polar surface area (TPSA) is 75.1 Å². The summed E-state index contributed by atoms with van der Waals surface area (Å²) in [5.74, 6) is 0.437. The number of nitrogens with zero attached hydrogens (tertiary/aromatic N) is 2. The van der Waals surface area contributed by atoms with E-state index in [1.54, 1.807) is 11.3 Å². The Morgan fingerprint density at radius 2 is 2.11 bits per heavy atom. The molecule has 2 N–H and O–H groups in total. The molecule has 0 saturated carbocycles. The summed E-state index contributed by atoms with van der Waals surface area (Å²) < 4.78 is 0. The van der Waals surface area contributed by atoms with Gasteiger partial charge in [-0.15, -0.1) is 11.3 Å². The Kier molecular flexibility index (Phi) is 5.24. The molecule has 1 aliphatic carbocycles. The number of aromatic nitrogens is 2. The van der Waals surface area contributed by atoms with Gasteiger partial charge in [0.1, 0.15) is 5.69 Å². The summed E-state index contributed by atoms with van der Waals surface area (Å²) in [7, 11) is 0. The third-order valence-electron chi connectivity index (χ3n) is 5.26. The molecule has 0 fully saturated rings. The lowest BCUT2D eigenvalue weighted by atomic mass is 9.90. The molecular formula is C22H23N3O2S. The van der Waals surface area contributed by atoms with Gasteiger partial charge in [-0.2, -0.15) is 0 Å². The van der Waals surface area contributed by atoms with E-state index < -0.39 is 0 Å². The van der Waals surface area contributed by atoms with Crippen LogP contribution in [0.3, 0.4) is 0 Å². The third-order valence-corrected chi connectivity index (χ3v) is 6.14. The maximum atomic E-state index is 12.5. The van der Waals surface area contributed by atoms with E-state index in [4.69, 9.17) is 9.97 Å². The van der Waals surface area contributed by atoms with Crippen molar-refractivity contribution in [2.24, 2.45) is 5.92 Å². The lowest BCUT2D eigenvalue weighted by Crippen LogP contribution is -2.22. The Labute approximate surface area is 168 Å². The number of thiophene rings is 1. The summed E-state index contributed by atoms with van der Waals surface area (Å²) in [6.45, 7) is 3.95. The number of carbonyl (C=O) groups excluding carboxylic acids is 1. The van der Waals surface area contributed by atoms with Crippen molar-refractivity contribution in [3.63, 3.8) is 0 Å². The van der Waals surface area contributed by atoms with Crippen molar-refractivity contribution < 1.29 is 9.90 Å². The van der Waals surface area contributed by atoms with Gasteiger partial charge < -0.3 is 10.4 Å². The minimum atomic E-state index is -0.0772. The molecule has 1 aromatic carbocycles. The second-order valence-corrected chi connectivity index (χ2v) is 8.09. The zero-order valence-electron chi connectivity index (χ0n) is 16.0. The number of hydrogen-bond donors (Lipinski definition) is 2. The first kappa shape index (κ1) is 18.8. The van der Waals surface area contributed by atoms with Crippen molar-refractivity contribution >= 4 is 23.1 Å². The minimum Gasteiger partial charge on any atom is -0.392 e. The quantitative estimate of drug-likeness (QED) is 0.672. The normalized spacial score (nSPS) is 13.5. The van der Waals surface area contributed by atoms with Crippen LogP contribution in [0.15, 0.2) is 35.7 Å². The summed E-state index contributed by atoms with van der Waals surface area (Å²) in [4.78, 5) is 23.3. The first-order valence-electron chi connectivity index (χ1n) is 9.59. The van der Waals surface area contributed by atoms with Gasteiger partial charge in [0.15, 0.2) is 5.82 Å². The van der Waals surface area contributed by atoms with E-state index in [1.165, 1.54) is 5.56 Å². The number of amides is 1. The third kappa shape index (κ3) is 3.45. The molecule has 2 heterocycles. The molecule has 2 aromatic heterocycles. The molecule has 0 bridgehead atoms. The molecule has 1 aliphatic rings. The van der Waals surface area contributed by atoms with Crippen molar-refractivity contribution in [2.75, 3.05) is 5.32 Å². The number of aliphatic hydroxyl groups excluding tert-OH is 1. The fraction of sp³-hybridized carbons (Fsp3) is 0.318. The highest BCUT2D eigenvalue weighted by atomic mass is 32.1. The standard InChI is InChI=1S/C22H23N3O2S/c1-3-13(2)22(27)25-21-20(18-5-4-10-28-18)24-19-16-8-6-14(12-26)11-15(16)7-9-17(19)23-21/h4-6,8,10-11,13,26H,3,7,9,12H2,1-2H3,(H,23,25,27). The van der Waals surface area contributed by atoms with Crippen LogP contribution in [0.5, 0.6) is 0 Å². The lowest BCUT2D eigenvalue weighted by molar-refractivity contribution is -0.119. The van der Waals surface area contributed by atoms with E-state index in [1.807, 2.05) is 49.6 Å². The number of aliphatic hydroxyl groups is 1. The van der Waals surface area contributed by atoms with Gasteiger partial charge in [0.25, 0.3) is 0 Å². The number of aryl methyl sites for hydroxylation is 2. The Hall–Kier alpha value is -2.57. The van der Waals surface area contributed by atoms with Gasteiger partial charge >= 0.3 is 0 Å². The molecule has 5 nitrogen and oxygen atoms in total. The molecule has 0 spiro atoms. The Morgan fingerprint density at radius 1 is 1.25 bits per heavy atom. The van der Waals surface area contributed by atoms with Crippen LogP contribution < -0.4 is 5.32 Å². The number of carbonyl (C=O) groups is 1. The first-order chi connectivity index (χ1) is 13.6. The van der Waals surface area contributed by atoms with Crippen LogP contribution in [0.4, 0.5) is 5.82 Å². The molecule has 0 aliphatic heterocycles. The van der Waals surface area contributed by atoms with E-state index in [9.17, 15) is 9.90 Å². The Bertz CT molecular complexity index is 1010. The van der Waals surface area contributed by atoms with Crippen LogP contribution in [0.25, 0.3) is 21.8 Å². The van der Waals surface area contributed by atoms with E-state index in [0.717, 1.165) is 46.7 Å². The predicted molar refractivity (Wildman–Crippen MR) is 112 cm³/mol. The molecule has 144 valence electrons. The minimum absolute atomic E-state index is 0.0293. The maximum Gasteiger partial charge on any atom is 0.228 e. The van der Waals surface area contributed by atoms with Crippen LogP contribution >= 0.6 is 11.3 Å². The fourth-order valence-electron chi connectivity index (χ4n) is 3.39. The second kappa shape index (κ2) is 7.81. The van der Waals surface area contributed by atoms with Gasteiger partial charge in [-0.25, -0.2) is 9.97 Å². The van der Waals surface area contributed by atoms with Gasteiger partial charge in [-0.3, -0.25) is 4.79 Å². The number of nitrogens with one attached hydrogen (secondary N) is 1. The van der Waals surface area contributed by atoms with Crippen molar-refractivity contribution in [1.29, 1.82) is 0 Å². The van der Waals surface area contributed by atoms with E-state index >= 15 is 0 Å². The number of anilines is 1. The predicted octanol–water partition coefficient (Wildman–Crippen LogP) is 4.45. The van der Waals surface area contributed by atoms with Crippen LogP contribution in [0.1, 0.15) is 37.1 Å². The van der Waals surface area contributed by atoms with Crippen molar-refractivity contribution in [3.05, 3.63) is 52.5 Å². The molecule has 28 heavy (non-hydrogen) atoms. The molecule has 0 radical (unpaired) electrons. The second-order valence-electron chi connectivity index (χ2n) is 7.14. The van der Waals surface area contributed by atoms with Gasteiger partial charge in [0, 0.05) is 11.5 Å². The Balaban J connectivity index is 1.82. The van der Waals surface area contributed by atoms with Crippen molar-refractivity contribution in [1.82, 2.24) is 9.97 Å². The summed E-state index contributed by atoms with van der Waals surface area (Å²) >= 11 is 1.58. The van der Waals surface area contributed by atoms with Crippen LogP contribution in [-0.2, 0) is 24.2 Å². The molecule has 1 atom stereocenters. The zero-order valence-corrected chi connectivity index (χ0v) is 16.8. The Morgan fingerprint density at radius 3 is 2.82 bits per heavy atom. The number of fused-ring (bicyclic) bond motifs is 3. The molecule has 4 rings (SSSR count). The zero-order chi connectivity index (χ0) is 19.7. The highest BCUT2D eigenvalue weighted by molar-refractivity contribution is 7.13. The molecule has 1 unspecified atom stereocenters. The van der Waals surface area contributed by atoms with Gasteiger partial charge in [-0.1, -0.05) is 38.1 Å². The largest absolute Gasteiger partial charge is 0.392 e. The summed E-state index contributed by atoms with van der Waals surface area (Å²) in [5.41, 5.74) is 5.64. The van der Waals surface area contributed by atoms with E-state index in [-0.39, 0.29) is 18.4 Å². The van der Waals surface area contributed by atoms with Gasteiger partial charge in [0.2, 0.25) is 5.91 Å². The molecule has 3 aromatic rings. The molecule has 6 heteroatoms. The average Bonchev–Trinajstić information content (AvgIpc) is 3.26. The summed E-state index contributed by atoms with van der Waals surface area (Å²) in [6.07, 6.45) is 2.39. The summed E-state index contributed by atoms with van der Waals surface area (Å²) in [6, 6.07) is 9.97. The lowest BCUT2D eigenvalue weighted by Gasteiger charge is -2.21. The first-order valence-corrected chi connectivity index (χ1v) is 10.5. The highest BCUT2D eigenvalue weighted by Crippen LogP contribution is 2.37. The number of benzene rings is 1. The van der Waals surface area contributed by atoms with Gasteiger partial charge in [-0.05, 0) is 41.8 Å². The highest BCUT2D eigenvalue weighted by Gasteiger charge is 2.24. The smallest absolute Gasteiger partial charge is 0.228 e. The van der Waals surface area contributed by atoms with Crippen molar-refractivity contribution in [2.45, 2.75) is 39.7 Å². The molecular weight excluding hydrogens is 370 g/mol. The SMILES string of the molecule is CCC(C)C(=O)Nc1nc2c(nc1-c1cccs1)-c1ccc(CO)cc1CC2. The van der Waals surface area contributed by atoms with Crippen LogP contribution in [0, 0.1) is 5.92 Å². The van der Waals surface area contributed by atoms with Gasteiger partial charge in [0.05, 0.1) is 22.9 Å². The fourth-order valence-corrected chi connectivity index (χ4v) is 4.11. The molecule has 0 saturated heterocycles.